The van der Waals surface area contributed by atoms with Crippen LogP contribution >= 0.6 is 0 Å². The molecule has 22 heavy (non-hydrogen) atoms. The molecule has 1 aliphatic carbocycles. The minimum atomic E-state index is -0.475. The molecule has 1 aromatic rings. The Balaban J connectivity index is 1.73. The third kappa shape index (κ3) is 4.65. The van der Waals surface area contributed by atoms with Crippen molar-refractivity contribution in [3.63, 3.8) is 0 Å². The summed E-state index contributed by atoms with van der Waals surface area (Å²) in [6.07, 6.45) is 4.30. The molecule has 1 aromatic carbocycles. The van der Waals surface area contributed by atoms with Crippen LogP contribution in [-0.4, -0.2) is 16.7 Å². The molecule has 0 saturated heterocycles. The number of ketones is 1. The number of carbonyl (C=O) groups excluding carboxylic acids is 2. The fourth-order valence-electron chi connectivity index (χ4n) is 2.60. The van der Waals surface area contributed by atoms with E-state index in [1.54, 1.807) is 12.1 Å². The van der Waals surface area contributed by atoms with Gasteiger partial charge >= 0.3 is 5.97 Å². The predicted molar refractivity (Wildman–Crippen MR) is 79.1 cm³/mol. The molecule has 0 radical (unpaired) electrons. The molecule has 0 N–H and O–H groups in total. The van der Waals surface area contributed by atoms with E-state index in [-0.39, 0.29) is 36.4 Å². The highest BCUT2D eigenvalue weighted by atomic mass is 16.6. The van der Waals surface area contributed by atoms with Crippen LogP contribution in [-0.2, 0) is 20.9 Å². The molecule has 0 amide bonds. The van der Waals surface area contributed by atoms with Gasteiger partial charge < -0.3 is 4.74 Å². The van der Waals surface area contributed by atoms with Gasteiger partial charge in [0.1, 0.15) is 12.4 Å². The first-order valence-electron chi connectivity index (χ1n) is 7.48. The molecule has 1 unspecified atom stereocenters. The number of benzene rings is 1. The van der Waals surface area contributed by atoms with Crippen molar-refractivity contribution in [2.24, 2.45) is 5.92 Å². The summed E-state index contributed by atoms with van der Waals surface area (Å²) < 4.78 is 5.13. The molecule has 1 saturated carbocycles. The maximum atomic E-state index is 11.7. The van der Waals surface area contributed by atoms with Crippen LogP contribution in [0, 0.1) is 16.0 Å². The largest absolute Gasteiger partial charge is 0.461 e. The smallest absolute Gasteiger partial charge is 0.306 e. The summed E-state index contributed by atoms with van der Waals surface area (Å²) in [6.45, 7) is 0.0927. The molecule has 0 aliphatic heterocycles. The number of Topliss-reactive ketones (excluding diaryl/α,β-unsaturated/α-hetero) is 1. The van der Waals surface area contributed by atoms with E-state index >= 15 is 0 Å². The zero-order valence-corrected chi connectivity index (χ0v) is 12.3. The monoisotopic (exact) mass is 305 g/mol. The molecule has 1 fully saturated rings. The van der Waals surface area contributed by atoms with Gasteiger partial charge in [-0.15, -0.1) is 0 Å². The number of esters is 1. The number of nitro groups is 1. The standard InChI is InChI=1S/C16H19NO5/c18-15-4-2-1-3-13(15)7-10-16(19)22-11-12-5-8-14(9-6-12)17(20)21/h5-6,8-9,13H,1-4,7,10-11H2. The van der Waals surface area contributed by atoms with Gasteiger partial charge in [-0.05, 0) is 37.0 Å². The lowest BCUT2D eigenvalue weighted by molar-refractivity contribution is -0.384. The predicted octanol–water partition coefficient (Wildman–Crippen LogP) is 3.18. The van der Waals surface area contributed by atoms with Crippen LogP contribution in [0.15, 0.2) is 24.3 Å². The Morgan fingerprint density at radius 3 is 2.64 bits per heavy atom. The van der Waals surface area contributed by atoms with Crippen LogP contribution in [0.2, 0.25) is 0 Å². The fraction of sp³-hybridized carbons (Fsp3) is 0.500. The van der Waals surface area contributed by atoms with E-state index in [0.29, 0.717) is 18.4 Å². The molecular formula is C16H19NO5. The highest BCUT2D eigenvalue weighted by Crippen LogP contribution is 2.24. The van der Waals surface area contributed by atoms with Crippen molar-refractivity contribution >= 4 is 17.4 Å². The molecule has 6 nitrogen and oxygen atoms in total. The molecule has 1 aliphatic rings. The van der Waals surface area contributed by atoms with Gasteiger partial charge in [-0.2, -0.15) is 0 Å². The fourth-order valence-corrected chi connectivity index (χ4v) is 2.60. The van der Waals surface area contributed by atoms with Crippen molar-refractivity contribution in [3.05, 3.63) is 39.9 Å². The molecule has 1 atom stereocenters. The summed E-state index contributed by atoms with van der Waals surface area (Å²) in [6, 6.07) is 5.89. The Kier molecular flexibility index (Phi) is 5.63. The first-order chi connectivity index (χ1) is 10.6. The van der Waals surface area contributed by atoms with Crippen LogP contribution in [0.3, 0.4) is 0 Å². The summed E-state index contributed by atoms with van der Waals surface area (Å²) in [5, 5.41) is 10.5. The van der Waals surface area contributed by atoms with Crippen LogP contribution in [0.25, 0.3) is 0 Å². The van der Waals surface area contributed by atoms with E-state index in [2.05, 4.69) is 0 Å². The SMILES string of the molecule is O=C(CCC1CCCCC1=O)OCc1ccc([N+](=O)[O-])cc1. The third-order valence-electron chi connectivity index (χ3n) is 3.93. The van der Waals surface area contributed by atoms with Crippen molar-refractivity contribution in [1.82, 2.24) is 0 Å². The number of hydrogen-bond acceptors (Lipinski definition) is 5. The lowest BCUT2D eigenvalue weighted by Crippen LogP contribution is -2.20. The van der Waals surface area contributed by atoms with E-state index in [4.69, 9.17) is 4.74 Å². The Hall–Kier alpha value is -2.24. The maximum Gasteiger partial charge on any atom is 0.306 e. The molecule has 0 spiro atoms. The zero-order chi connectivity index (χ0) is 15.9. The van der Waals surface area contributed by atoms with Gasteiger partial charge in [0.05, 0.1) is 4.92 Å². The van der Waals surface area contributed by atoms with Gasteiger partial charge in [0, 0.05) is 30.9 Å². The van der Waals surface area contributed by atoms with Gasteiger partial charge in [-0.3, -0.25) is 19.7 Å². The first kappa shape index (κ1) is 16.1. The van der Waals surface area contributed by atoms with E-state index in [0.717, 1.165) is 19.3 Å². The second kappa shape index (κ2) is 7.68. The molecule has 0 aromatic heterocycles. The van der Waals surface area contributed by atoms with Crippen LogP contribution in [0.1, 0.15) is 44.1 Å². The van der Waals surface area contributed by atoms with Gasteiger partial charge in [-0.1, -0.05) is 6.42 Å². The topological polar surface area (TPSA) is 86.5 Å². The van der Waals surface area contributed by atoms with Crippen molar-refractivity contribution in [2.75, 3.05) is 0 Å². The Labute approximate surface area is 128 Å². The summed E-state index contributed by atoms with van der Waals surface area (Å²) in [4.78, 5) is 33.4. The summed E-state index contributed by atoms with van der Waals surface area (Å²) in [5.41, 5.74) is 0.707. The second-order valence-corrected chi connectivity index (χ2v) is 5.53. The normalized spacial score (nSPS) is 18.0. The minimum Gasteiger partial charge on any atom is -0.461 e. The average molecular weight is 305 g/mol. The van der Waals surface area contributed by atoms with Gasteiger partial charge in [0.15, 0.2) is 0 Å². The van der Waals surface area contributed by atoms with Crippen molar-refractivity contribution in [2.45, 2.75) is 45.1 Å². The van der Waals surface area contributed by atoms with E-state index in [1.807, 2.05) is 0 Å². The summed E-state index contributed by atoms with van der Waals surface area (Å²) in [5.74, 6) is -0.0770. The lowest BCUT2D eigenvalue weighted by Gasteiger charge is -2.19. The second-order valence-electron chi connectivity index (χ2n) is 5.53. The number of ether oxygens (including phenoxy) is 1. The summed E-state index contributed by atoms with van der Waals surface area (Å²) in [7, 11) is 0. The Morgan fingerprint density at radius 2 is 2.00 bits per heavy atom. The number of non-ortho nitro benzene ring substituents is 1. The molecule has 0 bridgehead atoms. The molecule has 2 rings (SSSR count). The van der Waals surface area contributed by atoms with Crippen molar-refractivity contribution < 1.29 is 19.2 Å². The molecule has 118 valence electrons. The summed E-state index contributed by atoms with van der Waals surface area (Å²) >= 11 is 0. The van der Waals surface area contributed by atoms with Crippen molar-refractivity contribution in [3.8, 4) is 0 Å². The average Bonchev–Trinajstić information content (AvgIpc) is 2.52. The van der Waals surface area contributed by atoms with Crippen molar-refractivity contribution in [1.29, 1.82) is 0 Å². The van der Waals surface area contributed by atoms with Gasteiger partial charge in [0.25, 0.3) is 5.69 Å². The number of nitrogens with zero attached hydrogens (tertiary/aromatic N) is 1. The maximum absolute atomic E-state index is 11.7. The zero-order valence-electron chi connectivity index (χ0n) is 12.3. The highest BCUT2D eigenvalue weighted by Gasteiger charge is 2.22. The van der Waals surface area contributed by atoms with E-state index in [1.165, 1.54) is 12.1 Å². The van der Waals surface area contributed by atoms with Crippen LogP contribution in [0.5, 0.6) is 0 Å². The van der Waals surface area contributed by atoms with Crippen LogP contribution in [0.4, 0.5) is 5.69 Å². The minimum absolute atomic E-state index is 0.000625. The number of carbonyl (C=O) groups is 2. The lowest BCUT2D eigenvalue weighted by atomic mass is 9.85. The van der Waals surface area contributed by atoms with Gasteiger partial charge in [-0.25, -0.2) is 0 Å². The number of nitro benzene ring substituents is 1. The van der Waals surface area contributed by atoms with Crippen LogP contribution < -0.4 is 0 Å². The Bertz CT molecular complexity index is 552. The third-order valence-corrected chi connectivity index (χ3v) is 3.93. The number of hydrogen-bond donors (Lipinski definition) is 0. The quantitative estimate of drug-likeness (QED) is 0.457. The highest BCUT2D eigenvalue weighted by molar-refractivity contribution is 5.82. The van der Waals surface area contributed by atoms with Gasteiger partial charge in [0.2, 0.25) is 0 Å². The van der Waals surface area contributed by atoms with E-state index < -0.39 is 4.92 Å². The molecule has 6 heteroatoms. The first-order valence-corrected chi connectivity index (χ1v) is 7.48. The number of rotatable bonds is 6. The molecular weight excluding hydrogens is 286 g/mol. The molecule has 0 heterocycles. The van der Waals surface area contributed by atoms with E-state index in [9.17, 15) is 19.7 Å². The Morgan fingerprint density at radius 1 is 1.27 bits per heavy atom.